The third-order valence-corrected chi connectivity index (χ3v) is 3.75. The Bertz CT molecular complexity index is 442. The van der Waals surface area contributed by atoms with Crippen molar-refractivity contribution < 1.29 is 4.79 Å². The lowest BCUT2D eigenvalue weighted by atomic mass is 9.99. The molecule has 0 saturated carbocycles. The van der Waals surface area contributed by atoms with Gasteiger partial charge in [-0.1, -0.05) is 31.9 Å². The first-order valence-electron chi connectivity index (χ1n) is 7.35. The number of nitrogens with one attached hydrogen (secondary N) is 1. The van der Waals surface area contributed by atoms with E-state index in [2.05, 4.69) is 18.3 Å². The summed E-state index contributed by atoms with van der Waals surface area (Å²) in [4.78, 5) is 14.3. The molecule has 2 rings (SSSR count). The fourth-order valence-electron chi connectivity index (χ4n) is 2.59. The van der Waals surface area contributed by atoms with Crippen LogP contribution in [0.1, 0.15) is 48.5 Å². The summed E-state index contributed by atoms with van der Waals surface area (Å²) in [5.41, 5.74) is 3.16. The number of unbranched alkanes of at least 4 members (excludes halogenated alkanes) is 2. The second kappa shape index (κ2) is 6.60. The lowest BCUT2D eigenvalue weighted by Crippen LogP contribution is -2.29. The third kappa shape index (κ3) is 3.28. The predicted octanol–water partition coefficient (Wildman–Crippen LogP) is 3.31. The lowest BCUT2D eigenvalue weighted by molar-refractivity contribution is 0.0793. The number of para-hydroxylation sites is 1. The van der Waals surface area contributed by atoms with Crippen LogP contribution in [0.2, 0.25) is 0 Å². The molecule has 1 aliphatic rings. The van der Waals surface area contributed by atoms with E-state index < -0.39 is 0 Å². The van der Waals surface area contributed by atoms with Crippen LogP contribution in [0.4, 0.5) is 5.69 Å². The summed E-state index contributed by atoms with van der Waals surface area (Å²) in [6.07, 6.45) is 5.67. The van der Waals surface area contributed by atoms with E-state index in [0.29, 0.717) is 0 Å². The van der Waals surface area contributed by atoms with Crippen LogP contribution in [-0.2, 0) is 6.42 Å². The second-order valence-corrected chi connectivity index (χ2v) is 5.30. The highest BCUT2D eigenvalue weighted by molar-refractivity contribution is 6.00. The van der Waals surface area contributed by atoms with E-state index in [0.717, 1.165) is 43.6 Å². The zero-order chi connectivity index (χ0) is 13.7. The normalized spacial score (nSPS) is 13.6. The number of amides is 1. The van der Waals surface area contributed by atoms with Crippen LogP contribution >= 0.6 is 0 Å². The van der Waals surface area contributed by atoms with E-state index in [1.807, 2.05) is 24.1 Å². The largest absolute Gasteiger partial charge is 0.384 e. The fraction of sp³-hybridized carbons (Fsp3) is 0.562. The molecule has 1 aromatic rings. The molecule has 3 nitrogen and oxygen atoms in total. The van der Waals surface area contributed by atoms with Crippen molar-refractivity contribution in [2.75, 3.05) is 25.5 Å². The van der Waals surface area contributed by atoms with Gasteiger partial charge in [0.2, 0.25) is 0 Å². The maximum absolute atomic E-state index is 12.5. The standard InChI is InChI=1S/C16H24N2O/c1-3-4-5-12-18(2)16(19)14-10-6-8-13-9-7-11-17-15(13)14/h6,8,10,17H,3-5,7,9,11-12H2,1-2H3. The Balaban J connectivity index is 2.10. The molecule has 0 unspecified atom stereocenters. The average Bonchev–Trinajstić information content (AvgIpc) is 2.46. The molecule has 0 aliphatic carbocycles. The van der Waals surface area contributed by atoms with Crippen molar-refractivity contribution in [3.8, 4) is 0 Å². The molecule has 1 heterocycles. The summed E-state index contributed by atoms with van der Waals surface area (Å²) in [7, 11) is 1.90. The summed E-state index contributed by atoms with van der Waals surface area (Å²) in [5.74, 6) is 0.141. The number of hydrogen-bond acceptors (Lipinski definition) is 2. The highest BCUT2D eigenvalue weighted by Gasteiger charge is 2.19. The van der Waals surface area contributed by atoms with Crippen LogP contribution in [0.15, 0.2) is 18.2 Å². The number of rotatable bonds is 5. The van der Waals surface area contributed by atoms with Gasteiger partial charge in [0, 0.05) is 20.1 Å². The Labute approximate surface area is 116 Å². The van der Waals surface area contributed by atoms with Gasteiger partial charge in [-0.3, -0.25) is 4.79 Å². The Morgan fingerprint density at radius 3 is 3.00 bits per heavy atom. The first-order chi connectivity index (χ1) is 9.24. The molecule has 0 atom stereocenters. The predicted molar refractivity (Wildman–Crippen MR) is 79.7 cm³/mol. The van der Waals surface area contributed by atoms with Gasteiger partial charge < -0.3 is 10.2 Å². The molecule has 0 spiro atoms. The minimum atomic E-state index is 0.141. The van der Waals surface area contributed by atoms with Crippen molar-refractivity contribution in [3.63, 3.8) is 0 Å². The summed E-state index contributed by atoms with van der Waals surface area (Å²) < 4.78 is 0. The van der Waals surface area contributed by atoms with Gasteiger partial charge in [-0.25, -0.2) is 0 Å². The van der Waals surface area contributed by atoms with Crippen LogP contribution in [0.5, 0.6) is 0 Å². The molecule has 0 saturated heterocycles. The van der Waals surface area contributed by atoms with Crippen LogP contribution in [0.3, 0.4) is 0 Å². The van der Waals surface area contributed by atoms with Crippen LogP contribution < -0.4 is 5.32 Å². The monoisotopic (exact) mass is 260 g/mol. The van der Waals surface area contributed by atoms with Crippen molar-refractivity contribution in [2.24, 2.45) is 0 Å². The molecule has 1 amide bonds. The van der Waals surface area contributed by atoms with Gasteiger partial charge in [0.05, 0.1) is 11.3 Å². The van der Waals surface area contributed by atoms with Gasteiger partial charge in [-0.2, -0.15) is 0 Å². The van der Waals surface area contributed by atoms with E-state index in [-0.39, 0.29) is 5.91 Å². The number of nitrogens with zero attached hydrogens (tertiary/aromatic N) is 1. The van der Waals surface area contributed by atoms with Gasteiger partial charge in [-0.15, -0.1) is 0 Å². The van der Waals surface area contributed by atoms with E-state index in [1.165, 1.54) is 18.4 Å². The molecular formula is C16H24N2O. The number of anilines is 1. The molecule has 0 aromatic heterocycles. The number of carbonyl (C=O) groups excluding carboxylic acids is 1. The van der Waals surface area contributed by atoms with E-state index in [4.69, 9.17) is 0 Å². The maximum Gasteiger partial charge on any atom is 0.255 e. The summed E-state index contributed by atoms with van der Waals surface area (Å²) in [6.45, 7) is 3.99. The Kier molecular flexibility index (Phi) is 4.83. The molecule has 104 valence electrons. The van der Waals surface area contributed by atoms with E-state index in [1.54, 1.807) is 0 Å². The third-order valence-electron chi connectivity index (χ3n) is 3.75. The number of hydrogen-bond donors (Lipinski definition) is 1. The molecule has 3 heteroatoms. The SMILES string of the molecule is CCCCCN(C)C(=O)c1cccc2c1NCCC2. The van der Waals surface area contributed by atoms with Crippen molar-refractivity contribution in [1.82, 2.24) is 4.90 Å². The van der Waals surface area contributed by atoms with E-state index in [9.17, 15) is 4.79 Å². The average molecular weight is 260 g/mol. The van der Waals surface area contributed by atoms with Gasteiger partial charge in [-0.05, 0) is 30.9 Å². The molecule has 0 fully saturated rings. The minimum Gasteiger partial charge on any atom is -0.384 e. The smallest absolute Gasteiger partial charge is 0.255 e. The van der Waals surface area contributed by atoms with Gasteiger partial charge in [0.1, 0.15) is 0 Å². The zero-order valence-electron chi connectivity index (χ0n) is 12.0. The molecule has 0 bridgehead atoms. The van der Waals surface area contributed by atoms with Crippen molar-refractivity contribution in [2.45, 2.75) is 39.0 Å². The zero-order valence-corrected chi connectivity index (χ0v) is 12.0. The Hall–Kier alpha value is -1.51. The number of carbonyl (C=O) groups is 1. The molecule has 1 aromatic carbocycles. The first kappa shape index (κ1) is 13.9. The lowest BCUT2D eigenvalue weighted by Gasteiger charge is -2.23. The molecular weight excluding hydrogens is 236 g/mol. The summed E-state index contributed by atoms with van der Waals surface area (Å²) >= 11 is 0. The summed E-state index contributed by atoms with van der Waals surface area (Å²) in [6, 6.07) is 6.06. The van der Waals surface area contributed by atoms with Crippen molar-refractivity contribution >= 4 is 11.6 Å². The summed E-state index contributed by atoms with van der Waals surface area (Å²) in [5, 5.41) is 3.39. The van der Waals surface area contributed by atoms with Crippen LogP contribution in [0, 0.1) is 0 Å². The highest BCUT2D eigenvalue weighted by atomic mass is 16.2. The number of fused-ring (bicyclic) bond motifs is 1. The van der Waals surface area contributed by atoms with Crippen molar-refractivity contribution in [3.05, 3.63) is 29.3 Å². The minimum absolute atomic E-state index is 0.141. The quantitative estimate of drug-likeness (QED) is 0.824. The van der Waals surface area contributed by atoms with Crippen LogP contribution in [0.25, 0.3) is 0 Å². The highest BCUT2D eigenvalue weighted by Crippen LogP contribution is 2.26. The molecule has 0 radical (unpaired) electrons. The fourth-order valence-corrected chi connectivity index (χ4v) is 2.59. The topological polar surface area (TPSA) is 32.3 Å². The maximum atomic E-state index is 12.5. The molecule has 1 aliphatic heterocycles. The van der Waals surface area contributed by atoms with Crippen molar-refractivity contribution in [1.29, 1.82) is 0 Å². The van der Waals surface area contributed by atoms with Gasteiger partial charge in [0.15, 0.2) is 0 Å². The first-order valence-corrected chi connectivity index (χ1v) is 7.35. The Morgan fingerprint density at radius 1 is 1.37 bits per heavy atom. The number of aryl methyl sites for hydroxylation is 1. The molecule has 19 heavy (non-hydrogen) atoms. The van der Waals surface area contributed by atoms with Gasteiger partial charge >= 0.3 is 0 Å². The second-order valence-electron chi connectivity index (χ2n) is 5.30. The Morgan fingerprint density at radius 2 is 2.21 bits per heavy atom. The van der Waals surface area contributed by atoms with Gasteiger partial charge in [0.25, 0.3) is 5.91 Å². The number of benzene rings is 1. The molecule has 1 N–H and O–H groups in total. The van der Waals surface area contributed by atoms with E-state index >= 15 is 0 Å². The van der Waals surface area contributed by atoms with Crippen LogP contribution in [-0.4, -0.2) is 30.9 Å².